The molecule has 1 saturated heterocycles. The molecule has 2 aromatic carbocycles. The molecule has 1 aliphatic heterocycles. The second-order valence-corrected chi connectivity index (χ2v) is 9.77. The highest BCUT2D eigenvalue weighted by molar-refractivity contribution is 9.10. The fourth-order valence-corrected chi connectivity index (χ4v) is 4.44. The minimum atomic E-state index is -3.74. The molecular weight excluding hydrogens is 458 g/mol. The first-order valence-electron chi connectivity index (χ1n) is 9.15. The number of nitrogens with zero attached hydrogens (tertiary/aromatic N) is 2. The molecule has 0 radical (unpaired) electrons. The largest absolute Gasteiger partial charge is 0.351 e. The lowest BCUT2D eigenvalue weighted by molar-refractivity contribution is -0.121. The fraction of sp³-hybridized carbons (Fsp3) is 0.300. The number of hydrogen-bond donors (Lipinski definition) is 1. The van der Waals surface area contributed by atoms with Crippen LogP contribution in [0.1, 0.15) is 18.4 Å². The molecule has 0 unspecified atom stereocenters. The van der Waals surface area contributed by atoms with Gasteiger partial charge in [-0.05, 0) is 48.4 Å². The van der Waals surface area contributed by atoms with Gasteiger partial charge in [-0.2, -0.15) is 4.31 Å². The van der Waals surface area contributed by atoms with Gasteiger partial charge < -0.3 is 10.2 Å². The molecule has 7 nitrogen and oxygen atoms in total. The van der Waals surface area contributed by atoms with Crippen molar-refractivity contribution >= 4 is 43.5 Å². The van der Waals surface area contributed by atoms with E-state index in [-0.39, 0.29) is 23.9 Å². The third kappa shape index (κ3) is 5.23. The van der Waals surface area contributed by atoms with Crippen molar-refractivity contribution in [1.82, 2.24) is 9.62 Å². The Morgan fingerprint density at radius 2 is 1.79 bits per heavy atom. The molecule has 1 N–H and O–H groups in total. The third-order valence-electron chi connectivity index (χ3n) is 4.70. The van der Waals surface area contributed by atoms with Crippen LogP contribution in [0.25, 0.3) is 0 Å². The number of halogens is 1. The molecule has 1 fully saturated rings. The zero-order chi connectivity index (χ0) is 21.0. The molecule has 0 saturated carbocycles. The van der Waals surface area contributed by atoms with E-state index in [1.54, 1.807) is 17.0 Å². The number of amides is 2. The first-order chi connectivity index (χ1) is 13.8. The molecule has 0 spiro atoms. The lowest BCUT2D eigenvalue weighted by Gasteiger charge is -2.17. The molecule has 0 atom stereocenters. The maximum absolute atomic E-state index is 12.5. The second-order valence-electron chi connectivity index (χ2n) is 6.81. The van der Waals surface area contributed by atoms with Crippen LogP contribution < -0.4 is 10.2 Å². The van der Waals surface area contributed by atoms with Crippen LogP contribution in [0.15, 0.2) is 57.9 Å². The number of carbonyl (C=O) groups is 2. The van der Waals surface area contributed by atoms with E-state index in [1.807, 2.05) is 24.3 Å². The molecule has 2 amide bonds. The van der Waals surface area contributed by atoms with Crippen molar-refractivity contribution in [3.63, 3.8) is 0 Å². The standard InChI is InChI=1S/C20H22BrN3O4S/c1-23(29(27,28)18-10-6-16(21)7-11-18)14-19(25)22-13-15-4-8-17(9-5-15)24-12-2-3-20(24)26/h4-11H,2-3,12-14H2,1H3,(H,22,25). The highest BCUT2D eigenvalue weighted by Crippen LogP contribution is 2.21. The van der Waals surface area contributed by atoms with Crippen LogP contribution in [0, 0.1) is 0 Å². The van der Waals surface area contributed by atoms with E-state index in [1.165, 1.54) is 19.2 Å². The summed E-state index contributed by atoms with van der Waals surface area (Å²) in [4.78, 5) is 25.9. The second kappa shape index (κ2) is 9.06. The van der Waals surface area contributed by atoms with Gasteiger partial charge in [0.05, 0.1) is 11.4 Å². The normalized spacial score (nSPS) is 14.4. The number of carbonyl (C=O) groups excluding carboxylic acids is 2. The number of likely N-dealkylation sites (N-methyl/N-ethyl adjacent to an activating group) is 1. The summed E-state index contributed by atoms with van der Waals surface area (Å²) in [5.74, 6) is -0.270. The lowest BCUT2D eigenvalue weighted by Crippen LogP contribution is -2.38. The van der Waals surface area contributed by atoms with Crippen LogP contribution in [-0.4, -0.2) is 44.7 Å². The molecule has 0 bridgehead atoms. The summed E-state index contributed by atoms with van der Waals surface area (Å²) in [6, 6.07) is 13.7. The highest BCUT2D eigenvalue weighted by atomic mass is 79.9. The number of benzene rings is 2. The lowest BCUT2D eigenvalue weighted by atomic mass is 10.2. The van der Waals surface area contributed by atoms with Crippen LogP contribution in [-0.2, 0) is 26.2 Å². The average Bonchev–Trinajstić information content (AvgIpc) is 3.13. The molecule has 0 aromatic heterocycles. The Morgan fingerprint density at radius 1 is 1.14 bits per heavy atom. The molecule has 0 aliphatic carbocycles. The maximum Gasteiger partial charge on any atom is 0.243 e. The monoisotopic (exact) mass is 479 g/mol. The summed E-state index contributed by atoms with van der Waals surface area (Å²) < 4.78 is 26.9. The van der Waals surface area contributed by atoms with Crippen LogP contribution in [0.3, 0.4) is 0 Å². The fourth-order valence-electron chi connectivity index (χ4n) is 3.05. The summed E-state index contributed by atoms with van der Waals surface area (Å²) in [6.07, 6.45) is 1.45. The quantitative estimate of drug-likeness (QED) is 0.660. The van der Waals surface area contributed by atoms with E-state index >= 15 is 0 Å². The molecule has 154 valence electrons. The van der Waals surface area contributed by atoms with Gasteiger partial charge in [0.15, 0.2) is 0 Å². The Morgan fingerprint density at radius 3 is 2.38 bits per heavy atom. The van der Waals surface area contributed by atoms with Crippen LogP contribution in [0.5, 0.6) is 0 Å². The summed E-state index contributed by atoms with van der Waals surface area (Å²) in [5, 5.41) is 2.73. The smallest absolute Gasteiger partial charge is 0.243 e. The molecule has 9 heteroatoms. The first kappa shape index (κ1) is 21.5. The number of rotatable bonds is 7. The van der Waals surface area contributed by atoms with Crippen molar-refractivity contribution < 1.29 is 18.0 Å². The van der Waals surface area contributed by atoms with Gasteiger partial charge in [-0.3, -0.25) is 9.59 Å². The van der Waals surface area contributed by atoms with E-state index in [4.69, 9.17) is 0 Å². The Labute approximate surface area is 178 Å². The van der Waals surface area contributed by atoms with Crippen molar-refractivity contribution in [1.29, 1.82) is 0 Å². The topological polar surface area (TPSA) is 86.8 Å². The van der Waals surface area contributed by atoms with Crippen molar-refractivity contribution in [3.8, 4) is 0 Å². The summed E-state index contributed by atoms with van der Waals surface area (Å²) in [5.41, 5.74) is 1.72. The molecule has 29 heavy (non-hydrogen) atoms. The number of anilines is 1. The maximum atomic E-state index is 12.5. The van der Waals surface area contributed by atoms with Crippen LogP contribution >= 0.6 is 15.9 Å². The predicted octanol–water partition coefficient (Wildman–Crippen LogP) is 2.51. The van der Waals surface area contributed by atoms with Crippen molar-refractivity contribution in [2.75, 3.05) is 25.0 Å². The van der Waals surface area contributed by atoms with Gasteiger partial charge in [-0.15, -0.1) is 0 Å². The van der Waals surface area contributed by atoms with E-state index in [9.17, 15) is 18.0 Å². The van der Waals surface area contributed by atoms with Gasteiger partial charge >= 0.3 is 0 Å². The minimum absolute atomic E-state index is 0.126. The van der Waals surface area contributed by atoms with Gasteiger partial charge in [0.25, 0.3) is 0 Å². The highest BCUT2D eigenvalue weighted by Gasteiger charge is 2.23. The Kier molecular flexibility index (Phi) is 6.71. The first-order valence-corrected chi connectivity index (χ1v) is 11.4. The van der Waals surface area contributed by atoms with Crippen molar-refractivity contribution in [2.24, 2.45) is 0 Å². The molecule has 1 aliphatic rings. The summed E-state index contributed by atoms with van der Waals surface area (Å²) in [6.45, 7) is 0.728. The minimum Gasteiger partial charge on any atom is -0.351 e. The molecule has 1 heterocycles. The third-order valence-corrected chi connectivity index (χ3v) is 7.05. The van der Waals surface area contributed by atoms with Crippen LogP contribution in [0.4, 0.5) is 5.69 Å². The van der Waals surface area contributed by atoms with E-state index in [0.717, 1.165) is 33.0 Å². The SMILES string of the molecule is CN(CC(=O)NCc1ccc(N2CCCC2=O)cc1)S(=O)(=O)c1ccc(Br)cc1. The number of nitrogens with one attached hydrogen (secondary N) is 1. The summed E-state index contributed by atoms with van der Waals surface area (Å²) >= 11 is 3.27. The molecular formula is C20H22BrN3O4S. The van der Waals surface area contributed by atoms with Gasteiger partial charge in [-0.1, -0.05) is 28.1 Å². The Bertz CT molecular complexity index is 991. The zero-order valence-electron chi connectivity index (χ0n) is 16.0. The van der Waals surface area contributed by atoms with E-state index in [2.05, 4.69) is 21.2 Å². The van der Waals surface area contributed by atoms with Gasteiger partial charge in [0.1, 0.15) is 0 Å². The molecule has 2 aromatic rings. The van der Waals surface area contributed by atoms with Gasteiger partial charge in [0, 0.05) is 36.7 Å². The number of hydrogen-bond acceptors (Lipinski definition) is 4. The predicted molar refractivity (Wildman–Crippen MR) is 114 cm³/mol. The van der Waals surface area contributed by atoms with Crippen molar-refractivity contribution in [3.05, 3.63) is 58.6 Å². The van der Waals surface area contributed by atoms with Gasteiger partial charge in [0.2, 0.25) is 21.8 Å². The van der Waals surface area contributed by atoms with Crippen LogP contribution in [0.2, 0.25) is 0 Å². The Balaban J connectivity index is 1.54. The Hall–Kier alpha value is -2.23. The average molecular weight is 480 g/mol. The zero-order valence-corrected chi connectivity index (χ0v) is 18.4. The summed E-state index contributed by atoms with van der Waals surface area (Å²) in [7, 11) is -2.37. The van der Waals surface area contributed by atoms with Crippen molar-refractivity contribution in [2.45, 2.75) is 24.3 Å². The van der Waals surface area contributed by atoms with Gasteiger partial charge in [-0.25, -0.2) is 8.42 Å². The van der Waals surface area contributed by atoms with E-state index in [0.29, 0.717) is 6.42 Å². The molecule has 3 rings (SSSR count). The van der Waals surface area contributed by atoms with E-state index < -0.39 is 15.9 Å². The number of sulfonamides is 1.